The van der Waals surface area contributed by atoms with Gasteiger partial charge in [0.15, 0.2) is 0 Å². The van der Waals surface area contributed by atoms with Gasteiger partial charge in [0.2, 0.25) is 11.8 Å². The Labute approximate surface area is 151 Å². The summed E-state index contributed by atoms with van der Waals surface area (Å²) < 4.78 is 5.56. The van der Waals surface area contributed by atoms with Crippen molar-refractivity contribution in [2.75, 3.05) is 16.8 Å². The molecule has 0 saturated carbocycles. The molecule has 3 aromatic rings. The van der Waals surface area contributed by atoms with Gasteiger partial charge in [0.1, 0.15) is 5.58 Å². The molecule has 0 aliphatic carbocycles. The van der Waals surface area contributed by atoms with Gasteiger partial charge >= 0.3 is 0 Å². The third-order valence-electron chi connectivity index (χ3n) is 4.68. The molecule has 132 valence electrons. The number of anilines is 2. The van der Waals surface area contributed by atoms with Crippen LogP contribution in [0.4, 0.5) is 11.4 Å². The summed E-state index contributed by atoms with van der Waals surface area (Å²) in [4.78, 5) is 26.1. The zero-order valence-electron chi connectivity index (χ0n) is 14.6. The first-order valence-corrected chi connectivity index (χ1v) is 8.77. The van der Waals surface area contributed by atoms with E-state index in [0.717, 1.165) is 40.7 Å². The quantitative estimate of drug-likeness (QED) is 0.774. The van der Waals surface area contributed by atoms with E-state index in [0.29, 0.717) is 12.1 Å². The van der Waals surface area contributed by atoms with Gasteiger partial charge < -0.3 is 14.6 Å². The van der Waals surface area contributed by atoms with Crippen LogP contribution in [-0.4, -0.2) is 18.4 Å². The lowest BCUT2D eigenvalue weighted by Gasteiger charge is -2.16. The lowest BCUT2D eigenvalue weighted by Crippen LogP contribution is -2.23. The van der Waals surface area contributed by atoms with Gasteiger partial charge in [-0.05, 0) is 43.2 Å². The van der Waals surface area contributed by atoms with Crippen LogP contribution >= 0.6 is 0 Å². The Kier molecular flexibility index (Phi) is 4.21. The number of hydrogen-bond donors (Lipinski definition) is 1. The van der Waals surface area contributed by atoms with Gasteiger partial charge in [-0.15, -0.1) is 0 Å². The summed E-state index contributed by atoms with van der Waals surface area (Å²) in [6.45, 7) is 2.74. The first-order valence-electron chi connectivity index (χ1n) is 8.77. The summed E-state index contributed by atoms with van der Waals surface area (Å²) >= 11 is 0. The highest BCUT2D eigenvalue weighted by atomic mass is 16.3. The zero-order valence-corrected chi connectivity index (χ0v) is 14.6. The number of furan rings is 1. The van der Waals surface area contributed by atoms with Gasteiger partial charge in [-0.25, -0.2) is 0 Å². The van der Waals surface area contributed by atoms with Crippen LogP contribution in [0.1, 0.15) is 24.0 Å². The van der Waals surface area contributed by atoms with Crippen molar-refractivity contribution in [1.82, 2.24) is 0 Å². The predicted molar refractivity (Wildman–Crippen MR) is 101 cm³/mol. The fraction of sp³-hybridized carbons (Fsp3) is 0.238. The summed E-state index contributed by atoms with van der Waals surface area (Å²) in [5, 5.41) is 3.88. The van der Waals surface area contributed by atoms with Crippen molar-refractivity contribution in [3.8, 4) is 0 Å². The Morgan fingerprint density at radius 1 is 1.23 bits per heavy atom. The Balaban J connectivity index is 1.48. The monoisotopic (exact) mass is 348 g/mol. The molecular weight excluding hydrogens is 328 g/mol. The predicted octanol–water partition coefficient (Wildman–Crippen LogP) is 4.05. The van der Waals surface area contributed by atoms with E-state index < -0.39 is 0 Å². The highest BCUT2D eigenvalue weighted by molar-refractivity contribution is 5.98. The summed E-state index contributed by atoms with van der Waals surface area (Å²) in [6, 6.07) is 13.4. The average Bonchev–Trinajstić information content (AvgIpc) is 3.21. The Morgan fingerprint density at radius 2 is 2.12 bits per heavy atom. The van der Waals surface area contributed by atoms with Gasteiger partial charge in [-0.1, -0.05) is 18.2 Å². The number of carbonyl (C=O) groups excluding carboxylic acids is 2. The van der Waals surface area contributed by atoms with Crippen LogP contribution in [0.2, 0.25) is 0 Å². The van der Waals surface area contributed by atoms with Crippen molar-refractivity contribution >= 4 is 34.2 Å². The highest BCUT2D eigenvalue weighted by Gasteiger charge is 2.21. The van der Waals surface area contributed by atoms with Crippen molar-refractivity contribution in [1.29, 1.82) is 0 Å². The number of aryl methyl sites for hydroxylation is 1. The van der Waals surface area contributed by atoms with Crippen molar-refractivity contribution in [2.45, 2.75) is 26.2 Å². The lowest BCUT2D eigenvalue weighted by atomic mass is 10.1. The third-order valence-corrected chi connectivity index (χ3v) is 4.68. The second-order valence-electron chi connectivity index (χ2n) is 6.68. The zero-order chi connectivity index (χ0) is 18.1. The number of fused-ring (bicyclic) bond motifs is 1. The minimum absolute atomic E-state index is 0.113. The van der Waals surface area contributed by atoms with Crippen LogP contribution in [0, 0.1) is 6.92 Å². The molecule has 2 aromatic carbocycles. The normalized spacial score (nSPS) is 14.2. The molecule has 1 N–H and O–H groups in total. The molecule has 0 unspecified atom stereocenters. The number of nitrogens with one attached hydrogen (secondary N) is 1. The Bertz CT molecular complexity index is 990. The van der Waals surface area contributed by atoms with Crippen LogP contribution in [-0.2, 0) is 16.0 Å². The van der Waals surface area contributed by atoms with E-state index in [4.69, 9.17) is 4.42 Å². The van der Waals surface area contributed by atoms with E-state index >= 15 is 0 Å². The minimum Gasteiger partial charge on any atom is -0.464 e. The van der Waals surface area contributed by atoms with Crippen LogP contribution in [0.5, 0.6) is 0 Å². The Morgan fingerprint density at radius 3 is 2.92 bits per heavy atom. The maximum absolute atomic E-state index is 12.5. The molecule has 5 nitrogen and oxygen atoms in total. The molecule has 4 rings (SSSR count). The average molecular weight is 348 g/mol. The van der Waals surface area contributed by atoms with E-state index in [1.165, 1.54) is 0 Å². The second kappa shape index (κ2) is 6.67. The van der Waals surface area contributed by atoms with Gasteiger partial charge in [0, 0.05) is 35.3 Å². The molecule has 26 heavy (non-hydrogen) atoms. The van der Waals surface area contributed by atoms with E-state index in [2.05, 4.69) is 5.32 Å². The first-order chi connectivity index (χ1) is 12.6. The van der Waals surface area contributed by atoms with Gasteiger partial charge in [-0.3, -0.25) is 9.59 Å². The molecule has 0 atom stereocenters. The summed E-state index contributed by atoms with van der Waals surface area (Å²) in [5.41, 5.74) is 4.30. The summed E-state index contributed by atoms with van der Waals surface area (Å²) in [5.74, 6) is 0.0202. The van der Waals surface area contributed by atoms with E-state index in [1.54, 1.807) is 11.2 Å². The van der Waals surface area contributed by atoms with Gasteiger partial charge in [-0.2, -0.15) is 0 Å². The molecule has 0 radical (unpaired) electrons. The fourth-order valence-electron chi connectivity index (χ4n) is 3.38. The van der Waals surface area contributed by atoms with Gasteiger partial charge in [0.25, 0.3) is 0 Å². The van der Waals surface area contributed by atoms with Crippen molar-refractivity contribution in [3.63, 3.8) is 0 Å². The van der Waals surface area contributed by atoms with Gasteiger partial charge in [0.05, 0.1) is 12.7 Å². The van der Waals surface area contributed by atoms with E-state index in [1.807, 2.05) is 49.4 Å². The van der Waals surface area contributed by atoms with Crippen molar-refractivity contribution in [3.05, 3.63) is 59.9 Å². The van der Waals surface area contributed by atoms with E-state index in [-0.39, 0.29) is 18.2 Å². The maximum Gasteiger partial charge on any atom is 0.228 e. The number of rotatable bonds is 4. The standard InChI is InChI=1S/C21H20N2O3/c1-14-7-8-18-15(13-26-19(18)10-14)11-20(24)22-16-4-2-5-17(12-16)23-9-3-6-21(23)25/h2,4-5,7-8,10,12-13H,3,6,9,11H2,1H3,(H,22,24). The Hall–Kier alpha value is -3.08. The molecule has 1 aliphatic heterocycles. The molecule has 5 heteroatoms. The molecule has 1 saturated heterocycles. The molecule has 1 fully saturated rings. The molecule has 0 spiro atoms. The van der Waals surface area contributed by atoms with Crippen molar-refractivity contribution < 1.29 is 14.0 Å². The molecule has 1 aliphatic rings. The van der Waals surface area contributed by atoms with Crippen LogP contribution < -0.4 is 10.2 Å². The van der Waals surface area contributed by atoms with Crippen LogP contribution in [0.3, 0.4) is 0 Å². The maximum atomic E-state index is 12.5. The van der Waals surface area contributed by atoms with E-state index in [9.17, 15) is 9.59 Å². The molecule has 0 bridgehead atoms. The number of amides is 2. The SMILES string of the molecule is Cc1ccc2c(CC(=O)Nc3cccc(N4CCCC4=O)c3)coc2c1. The lowest BCUT2D eigenvalue weighted by molar-refractivity contribution is -0.117. The fourth-order valence-corrected chi connectivity index (χ4v) is 3.38. The number of benzene rings is 2. The molecule has 1 aromatic heterocycles. The largest absolute Gasteiger partial charge is 0.464 e. The number of carbonyl (C=O) groups is 2. The second-order valence-corrected chi connectivity index (χ2v) is 6.68. The third kappa shape index (κ3) is 3.20. The number of hydrogen-bond acceptors (Lipinski definition) is 3. The van der Waals surface area contributed by atoms with Crippen LogP contribution in [0.15, 0.2) is 53.1 Å². The number of nitrogens with zero attached hydrogens (tertiary/aromatic N) is 1. The molecular formula is C21H20N2O3. The molecule has 2 heterocycles. The first kappa shape index (κ1) is 16.4. The highest BCUT2D eigenvalue weighted by Crippen LogP contribution is 2.25. The minimum atomic E-state index is -0.113. The van der Waals surface area contributed by atoms with Crippen LogP contribution in [0.25, 0.3) is 11.0 Å². The summed E-state index contributed by atoms with van der Waals surface area (Å²) in [6.07, 6.45) is 3.35. The summed E-state index contributed by atoms with van der Waals surface area (Å²) in [7, 11) is 0. The topological polar surface area (TPSA) is 62.6 Å². The smallest absolute Gasteiger partial charge is 0.228 e. The molecule has 2 amide bonds. The van der Waals surface area contributed by atoms with Crippen molar-refractivity contribution in [2.24, 2.45) is 0 Å².